The molecule has 1 unspecified atom stereocenters. The Balaban J connectivity index is 2.04. The maximum atomic E-state index is 13.5. The predicted molar refractivity (Wildman–Crippen MR) is 106 cm³/mol. The number of para-hydroxylation sites is 1. The Morgan fingerprint density at radius 1 is 1.36 bits per heavy atom. The zero-order valence-corrected chi connectivity index (χ0v) is 16.4. The number of thioether (sulfide) groups is 1. The average molecular weight is 373 g/mol. The number of aryl methyl sites for hydroxylation is 1. The molecule has 25 heavy (non-hydrogen) atoms. The Bertz CT molecular complexity index is 1010. The quantitative estimate of drug-likeness (QED) is 0.567. The minimum atomic E-state index is 0.0901. The van der Waals surface area contributed by atoms with Gasteiger partial charge in [-0.05, 0) is 29.9 Å². The molecule has 0 aliphatic carbocycles. The molecule has 1 N–H and O–H groups in total. The number of likely N-dealkylation sites (N-methyl/N-ethyl adjacent to an activating group) is 1. The maximum absolute atomic E-state index is 13.5. The van der Waals surface area contributed by atoms with E-state index in [1.165, 1.54) is 15.3 Å². The van der Waals surface area contributed by atoms with Gasteiger partial charge in [0, 0.05) is 6.42 Å². The van der Waals surface area contributed by atoms with Crippen LogP contribution in [0.5, 0.6) is 0 Å². The van der Waals surface area contributed by atoms with E-state index in [9.17, 15) is 4.79 Å². The van der Waals surface area contributed by atoms with Gasteiger partial charge in [0.05, 0.1) is 29.5 Å². The number of hydrogen-bond acceptors (Lipinski definition) is 4. The molecule has 4 nitrogen and oxygen atoms in total. The highest BCUT2D eigenvalue weighted by Crippen LogP contribution is 2.32. The second kappa shape index (κ2) is 6.59. The lowest BCUT2D eigenvalue weighted by atomic mass is 10.1. The summed E-state index contributed by atoms with van der Waals surface area (Å²) in [5, 5.41) is 1.64. The van der Waals surface area contributed by atoms with Crippen LogP contribution in [0, 0.1) is 6.92 Å². The van der Waals surface area contributed by atoms with Crippen LogP contribution in [0.3, 0.4) is 0 Å². The molecular formula is C19H22N3OS2+. The number of quaternary nitrogens is 1. The number of benzene rings is 1. The first kappa shape index (κ1) is 16.8. The fourth-order valence-electron chi connectivity index (χ4n) is 3.49. The van der Waals surface area contributed by atoms with Crippen LogP contribution >= 0.6 is 23.1 Å². The summed E-state index contributed by atoms with van der Waals surface area (Å²) in [6.45, 7) is 6.22. The van der Waals surface area contributed by atoms with Crippen LogP contribution in [0.1, 0.15) is 22.9 Å². The van der Waals surface area contributed by atoms with Crippen LogP contribution in [0.25, 0.3) is 15.9 Å². The lowest BCUT2D eigenvalue weighted by Crippen LogP contribution is -3.08. The molecular weight excluding hydrogens is 350 g/mol. The van der Waals surface area contributed by atoms with Crippen LogP contribution in [0.2, 0.25) is 0 Å². The van der Waals surface area contributed by atoms with Gasteiger partial charge in [-0.2, -0.15) is 0 Å². The molecule has 130 valence electrons. The Morgan fingerprint density at radius 2 is 2.16 bits per heavy atom. The second-order valence-electron chi connectivity index (χ2n) is 6.57. The fourth-order valence-corrected chi connectivity index (χ4v) is 5.60. The summed E-state index contributed by atoms with van der Waals surface area (Å²) in [4.78, 5) is 22.2. The first-order valence-corrected chi connectivity index (χ1v) is 10.5. The van der Waals surface area contributed by atoms with Crippen molar-refractivity contribution < 1.29 is 4.90 Å². The van der Waals surface area contributed by atoms with Gasteiger partial charge in [-0.15, -0.1) is 11.3 Å². The lowest BCUT2D eigenvalue weighted by Gasteiger charge is -2.19. The van der Waals surface area contributed by atoms with E-state index < -0.39 is 0 Å². The van der Waals surface area contributed by atoms with Crippen LogP contribution < -0.4 is 10.5 Å². The largest absolute Gasteiger partial charge is 0.333 e. The topological polar surface area (TPSA) is 39.3 Å². The van der Waals surface area contributed by atoms with E-state index in [0.29, 0.717) is 0 Å². The molecule has 6 heteroatoms. The van der Waals surface area contributed by atoms with E-state index >= 15 is 0 Å². The van der Waals surface area contributed by atoms with Crippen molar-refractivity contribution in [3.05, 3.63) is 50.6 Å². The van der Waals surface area contributed by atoms with Crippen molar-refractivity contribution in [1.29, 1.82) is 0 Å². The Morgan fingerprint density at radius 3 is 2.92 bits per heavy atom. The van der Waals surface area contributed by atoms with E-state index in [1.54, 1.807) is 23.1 Å². The molecule has 0 spiro atoms. The van der Waals surface area contributed by atoms with E-state index in [0.717, 1.165) is 51.9 Å². The van der Waals surface area contributed by atoms with Crippen molar-refractivity contribution in [3.8, 4) is 5.69 Å². The van der Waals surface area contributed by atoms with Gasteiger partial charge in [-0.1, -0.05) is 36.9 Å². The number of hydrogen-bond donors (Lipinski definition) is 1. The molecule has 1 aromatic carbocycles. The SMILES string of the molecule is CCSc1nc2sc3c(c2c(=O)n1-c1ccccc1C)CC[NH+](C)C3. The van der Waals surface area contributed by atoms with Crippen LogP contribution in [0.4, 0.5) is 0 Å². The Labute approximate surface area is 155 Å². The molecule has 0 saturated heterocycles. The summed E-state index contributed by atoms with van der Waals surface area (Å²) in [7, 11) is 2.21. The third-order valence-electron chi connectivity index (χ3n) is 4.77. The molecule has 3 aromatic rings. The highest BCUT2D eigenvalue weighted by molar-refractivity contribution is 7.99. The average Bonchev–Trinajstić information content (AvgIpc) is 2.94. The van der Waals surface area contributed by atoms with Gasteiger partial charge in [-0.3, -0.25) is 9.36 Å². The fraction of sp³-hybridized carbons (Fsp3) is 0.368. The smallest absolute Gasteiger partial charge is 0.267 e. The van der Waals surface area contributed by atoms with Gasteiger partial charge in [-0.25, -0.2) is 4.98 Å². The molecule has 2 aromatic heterocycles. The van der Waals surface area contributed by atoms with E-state index in [4.69, 9.17) is 4.98 Å². The minimum Gasteiger partial charge on any atom is -0.333 e. The van der Waals surface area contributed by atoms with Gasteiger partial charge >= 0.3 is 0 Å². The van der Waals surface area contributed by atoms with Gasteiger partial charge in [0.25, 0.3) is 5.56 Å². The van der Waals surface area contributed by atoms with Crippen molar-refractivity contribution >= 4 is 33.3 Å². The number of nitrogens with zero attached hydrogens (tertiary/aromatic N) is 2. The molecule has 1 aliphatic rings. The van der Waals surface area contributed by atoms with E-state index in [-0.39, 0.29) is 5.56 Å². The first-order valence-electron chi connectivity index (χ1n) is 8.67. The van der Waals surface area contributed by atoms with Gasteiger partial charge in [0.15, 0.2) is 5.16 Å². The van der Waals surface area contributed by atoms with Crippen LogP contribution in [0.15, 0.2) is 34.2 Å². The molecule has 3 heterocycles. The van der Waals surface area contributed by atoms with E-state index in [1.807, 2.05) is 35.8 Å². The third kappa shape index (κ3) is 2.82. The molecule has 0 radical (unpaired) electrons. The first-order chi connectivity index (χ1) is 12.1. The monoisotopic (exact) mass is 372 g/mol. The maximum Gasteiger partial charge on any atom is 0.267 e. The van der Waals surface area contributed by atoms with Crippen molar-refractivity contribution in [2.75, 3.05) is 19.3 Å². The second-order valence-corrected chi connectivity index (χ2v) is 8.89. The molecule has 1 aliphatic heterocycles. The third-order valence-corrected chi connectivity index (χ3v) is 6.72. The van der Waals surface area contributed by atoms with Crippen LogP contribution in [-0.4, -0.2) is 28.9 Å². The van der Waals surface area contributed by atoms with E-state index in [2.05, 4.69) is 14.0 Å². The number of nitrogens with one attached hydrogen (secondary N) is 1. The Hall–Kier alpha value is -1.63. The zero-order valence-electron chi connectivity index (χ0n) is 14.8. The molecule has 0 fully saturated rings. The number of thiophene rings is 1. The van der Waals surface area contributed by atoms with Crippen molar-refractivity contribution in [1.82, 2.24) is 9.55 Å². The lowest BCUT2D eigenvalue weighted by molar-refractivity contribution is -0.895. The minimum absolute atomic E-state index is 0.0901. The number of aromatic nitrogens is 2. The van der Waals surface area contributed by atoms with Crippen LogP contribution in [-0.2, 0) is 13.0 Å². The van der Waals surface area contributed by atoms with Crippen molar-refractivity contribution in [2.24, 2.45) is 0 Å². The summed E-state index contributed by atoms with van der Waals surface area (Å²) < 4.78 is 1.82. The molecule has 0 saturated carbocycles. The van der Waals surface area contributed by atoms with Gasteiger partial charge in [0.2, 0.25) is 0 Å². The highest BCUT2D eigenvalue weighted by atomic mass is 32.2. The predicted octanol–water partition coefficient (Wildman–Crippen LogP) is 2.44. The number of fused-ring (bicyclic) bond motifs is 3. The summed E-state index contributed by atoms with van der Waals surface area (Å²) >= 11 is 3.34. The van der Waals surface area contributed by atoms with Gasteiger partial charge < -0.3 is 4.90 Å². The molecule has 0 amide bonds. The zero-order chi connectivity index (χ0) is 17.6. The summed E-state index contributed by atoms with van der Waals surface area (Å²) in [6.07, 6.45) is 0.964. The van der Waals surface area contributed by atoms with Crippen molar-refractivity contribution in [3.63, 3.8) is 0 Å². The van der Waals surface area contributed by atoms with Gasteiger partial charge in [0.1, 0.15) is 11.4 Å². The number of rotatable bonds is 3. The molecule has 4 rings (SSSR count). The normalized spacial score (nSPS) is 17.0. The molecule has 0 bridgehead atoms. The standard InChI is InChI=1S/C19H21N3OS2/c1-4-24-19-20-17-16(13-9-10-21(3)11-15(13)25-17)18(23)22(19)14-8-6-5-7-12(14)2/h5-8H,4,9-11H2,1-3H3/p+1. The van der Waals surface area contributed by atoms with Crippen molar-refractivity contribution in [2.45, 2.75) is 32.0 Å². The Kier molecular flexibility index (Phi) is 4.43. The summed E-state index contributed by atoms with van der Waals surface area (Å²) in [5.74, 6) is 0.891. The highest BCUT2D eigenvalue weighted by Gasteiger charge is 2.26. The summed E-state index contributed by atoms with van der Waals surface area (Å²) in [6, 6.07) is 8.06. The summed E-state index contributed by atoms with van der Waals surface area (Å²) in [5.41, 5.74) is 3.36. The molecule has 1 atom stereocenters.